The van der Waals surface area contributed by atoms with Gasteiger partial charge in [-0.05, 0) is 32.0 Å². The van der Waals surface area contributed by atoms with Crippen LogP contribution in [0.5, 0.6) is 0 Å². The molecule has 1 fully saturated rings. The van der Waals surface area contributed by atoms with Crippen molar-refractivity contribution >= 4 is 17.3 Å². The smallest absolute Gasteiger partial charge is 0.0471 e. The van der Waals surface area contributed by atoms with E-state index in [1.54, 1.807) is 0 Å². The Morgan fingerprint density at radius 3 is 2.73 bits per heavy atom. The molecule has 2 nitrogen and oxygen atoms in total. The van der Waals surface area contributed by atoms with E-state index >= 15 is 0 Å². The first-order valence-electron chi connectivity index (χ1n) is 5.41. The second-order valence-electron chi connectivity index (χ2n) is 4.31. The zero-order valence-corrected chi connectivity index (χ0v) is 9.80. The van der Waals surface area contributed by atoms with Gasteiger partial charge >= 0.3 is 0 Å². The first kappa shape index (κ1) is 10.8. The maximum absolute atomic E-state index is 6.13. The van der Waals surface area contributed by atoms with Crippen LogP contribution in [0.3, 0.4) is 0 Å². The van der Waals surface area contributed by atoms with Crippen LogP contribution in [0.2, 0.25) is 5.02 Å². The highest BCUT2D eigenvalue weighted by Crippen LogP contribution is 2.28. The molecule has 1 aromatic carbocycles. The number of hydrogen-bond donors (Lipinski definition) is 1. The van der Waals surface area contributed by atoms with Crippen LogP contribution in [0.4, 0.5) is 5.69 Å². The Hall–Kier alpha value is -0.730. The molecular weight excluding hydrogens is 208 g/mol. The van der Waals surface area contributed by atoms with Gasteiger partial charge in [0.1, 0.15) is 0 Å². The number of nitrogen functional groups attached to an aromatic ring is 1. The Kier molecular flexibility index (Phi) is 3.17. The van der Waals surface area contributed by atoms with Gasteiger partial charge in [-0.3, -0.25) is 4.90 Å². The lowest BCUT2D eigenvalue weighted by Crippen LogP contribution is -2.36. The fourth-order valence-electron chi connectivity index (χ4n) is 1.95. The van der Waals surface area contributed by atoms with Crippen molar-refractivity contribution < 1.29 is 0 Å². The lowest BCUT2D eigenvalue weighted by atomic mass is 9.91. The Bertz CT molecular complexity index is 327. The Balaban J connectivity index is 2.09. The van der Waals surface area contributed by atoms with Crippen LogP contribution in [0.25, 0.3) is 0 Å². The number of rotatable bonds is 3. The van der Waals surface area contributed by atoms with Crippen LogP contribution in [0, 0.1) is 0 Å². The van der Waals surface area contributed by atoms with Gasteiger partial charge in [0.2, 0.25) is 0 Å². The van der Waals surface area contributed by atoms with Gasteiger partial charge in [-0.15, -0.1) is 0 Å². The van der Waals surface area contributed by atoms with Crippen LogP contribution in [-0.4, -0.2) is 18.0 Å². The van der Waals surface area contributed by atoms with Crippen molar-refractivity contribution in [2.24, 2.45) is 0 Å². The number of nitrogens with two attached hydrogens (primary N) is 1. The van der Waals surface area contributed by atoms with Crippen molar-refractivity contribution in [3.8, 4) is 0 Å². The summed E-state index contributed by atoms with van der Waals surface area (Å²) < 4.78 is 0. The fourth-order valence-corrected chi connectivity index (χ4v) is 2.19. The van der Waals surface area contributed by atoms with Crippen molar-refractivity contribution in [3.63, 3.8) is 0 Å². The summed E-state index contributed by atoms with van der Waals surface area (Å²) >= 11 is 6.13. The summed E-state index contributed by atoms with van der Waals surface area (Å²) in [7, 11) is 2.15. The Morgan fingerprint density at radius 1 is 1.47 bits per heavy atom. The molecule has 0 spiro atoms. The van der Waals surface area contributed by atoms with Crippen LogP contribution in [0.1, 0.15) is 24.8 Å². The average molecular weight is 225 g/mol. The number of benzene rings is 1. The molecule has 0 unspecified atom stereocenters. The summed E-state index contributed by atoms with van der Waals surface area (Å²) in [4.78, 5) is 2.35. The highest BCUT2D eigenvalue weighted by Gasteiger charge is 2.22. The first-order chi connectivity index (χ1) is 7.18. The molecule has 1 saturated carbocycles. The van der Waals surface area contributed by atoms with E-state index in [1.165, 1.54) is 19.3 Å². The lowest BCUT2D eigenvalue weighted by Gasteiger charge is -2.35. The fraction of sp³-hybridized carbons (Fsp3) is 0.500. The number of nitrogens with zero attached hydrogens (tertiary/aromatic N) is 1. The van der Waals surface area contributed by atoms with Gasteiger partial charge in [0.05, 0.1) is 0 Å². The molecule has 82 valence electrons. The molecule has 2 rings (SSSR count). The average Bonchev–Trinajstić information content (AvgIpc) is 2.08. The van der Waals surface area contributed by atoms with Crippen LogP contribution >= 0.6 is 11.6 Å². The maximum Gasteiger partial charge on any atom is 0.0471 e. The van der Waals surface area contributed by atoms with Gasteiger partial charge in [-0.1, -0.05) is 24.1 Å². The van der Waals surface area contributed by atoms with Gasteiger partial charge in [0.15, 0.2) is 0 Å². The highest BCUT2D eigenvalue weighted by atomic mass is 35.5. The summed E-state index contributed by atoms with van der Waals surface area (Å²) in [5.74, 6) is 0. The molecule has 0 radical (unpaired) electrons. The minimum atomic E-state index is 0.723. The van der Waals surface area contributed by atoms with Crippen LogP contribution < -0.4 is 5.73 Å². The summed E-state index contributed by atoms with van der Waals surface area (Å²) in [5, 5.41) is 0.779. The Morgan fingerprint density at radius 2 is 2.20 bits per heavy atom. The molecule has 0 bridgehead atoms. The monoisotopic (exact) mass is 224 g/mol. The molecule has 15 heavy (non-hydrogen) atoms. The zero-order valence-electron chi connectivity index (χ0n) is 9.04. The highest BCUT2D eigenvalue weighted by molar-refractivity contribution is 6.31. The van der Waals surface area contributed by atoms with Crippen molar-refractivity contribution in [3.05, 3.63) is 28.8 Å². The third-order valence-corrected chi connectivity index (χ3v) is 3.61. The predicted octanol–water partition coefficient (Wildman–Crippen LogP) is 2.91. The molecule has 1 aliphatic rings. The standard InChI is InChI=1S/C12H17ClN2/c1-15(9-4-2-5-9)8-10-11(13)6-3-7-12(10)14/h3,6-7,9H,2,4-5,8,14H2,1H3. The molecule has 0 aromatic heterocycles. The molecular formula is C12H17ClN2. The van der Waals surface area contributed by atoms with E-state index in [2.05, 4.69) is 11.9 Å². The van der Waals surface area contributed by atoms with E-state index in [1.807, 2.05) is 18.2 Å². The molecule has 3 heteroatoms. The van der Waals surface area contributed by atoms with Gasteiger partial charge < -0.3 is 5.73 Å². The van der Waals surface area contributed by atoms with Crippen molar-refractivity contribution in [1.29, 1.82) is 0 Å². The topological polar surface area (TPSA) is 29.3 Å². The third kappa shape index (κ3) is 2.27. The molecule has 2 N–H and O–H groups in total. The van der Waals surface area contributed by atoms with E-state index in [4.69, 9.17) is 17.3 Å². The van der Waals surface area contributed by atoms with Gasteiger partial charge in [0.25, 0.3) is 0 Å². The number of halogens is 1. The maximum atomic E-state index is 6.13. The molecule has 0 atom stereocenters. The van der Waals surface area contributed by atoms with Crippen LogP contribution in [-0.2, 0) is 6.54 Å². The zero-order chi connectivity index (χ0) is 10.8. The van der Waals surface area contributed by atoms with E-state index in [-0.39, 0.29) is 0 Å². The lowest BCUT2D eigenvalue weighted by molar-refractivity contribution is 0.153. The number of hydrogen-bond acceptors (Lipinski definition) is 2. The third-order valence-electron chi connectivity index (χ3n) is 3.26. The summed E-state index contributed by atoms with van der Waals surface area (Å²) in [5.41, 5.74) is 7.78. The molecule has 0 saturated heterocycles. The molecule has 0 amide bonds. The van der Waals surface area contributed by atoms with E-state index in [9.17, 15) is 0 Å². The van der Waals surface area contributed by atoms with E-state index < -0.39 is 0 Å². The quantitative estimate of drug-likeness (QED) is 0.800. The Labute approximate surface area is 96.0 Å². The van der Waals surface area contributed by atoms with Gasteiger partial charge in [-0.25, -0.2) is 0 Å². The molecule has 1 aromatic rings. The van der Waals surface area contributed by atoms with Crippen molar-refractivity contribution in [1.82, 2.24) is 4.90 Å². The molecule has 1 aliphatic carbocycles. The predicted molar refractivity (Wildman–Crippen MR) is 65.0 cm³/mol. The van der Waals surface area contributed by atoms with E-state index in [0.29, 0.717) is 0 Å². The van der Waals surface area contributed by atoms with E-state index in [0.717, 1.165) is 28.9 Å². The molecule has 0 heterocycles. The van der Waals surface area contributed by atoms with Gasteiger partial charge in [-0.2, -0.15) is 0 Å². The SMILES string of the molecule is CN(Cc1c(N)cccc1Cl)C1CCC1. The van der Waals surface area contributed by atoms with Gasteiger partial charge in [0, 0.05) is 28.9 Å². The van der Waals surface area contributed by atoms with Crippen molar-refractivity contribution in [2.45, 2.75) is 31.8 Å². The van der Waals surface area contributed by atoms with Crippen LogP contribution in [0.15, 0.2) is 18.2 Å². The number of anilines is 1. The first-order valence-corrected chi connectivity index (χ1v) is 5.79. The summed E-state index contributed by atoms with van der Waals surface area (Å²) in [6.45, 7) is 0.857. The second kappa shape index (κ2) is 4.42. The summed E-state index contributed by atoms with van der Waals surface area (Å²) in [6, 6.07) is 6.43. The van der Waals surface area contributed by atoms with Crippen molar-refractivity contribution in [2.75, 3.05) is 12.8 Å². The largest absolute Gasteiger partial charge is 0.398 e. The summed E-state index contributed by atoms with van der Waals surface area (Å²) in [6.07, 6.45) is 3.97. The normalized spacial score (nSPS) is 16.7. The minimum absolute atomic E-state index is 0.723. The second-order valence-corrected chi connectivity index (χ2v) is 4.71. The minimum Gasteiger partial charge on any atom is -0.398 e. The molecule has 0 aliphatic heterocycles.